The number of rotatable bonds is 6. The van der Waals surface area contributed by atoms with Crippen molar-refractivity contribution in [1.29, 1.82) is 0 Å². The summed E-state index contributed by atoms with van der Waals surface area (Å²) < 4.78 is 32.6. The highest BCUT2D eigenvalue weighted by Gasteiger charge is 2.19. The molecule has 0 aliphatic carbocycles. The van der Waals surface area contributed by atoms with Gasteiger partial charge in [-0.2, -0.15) is 0 Å². The van der Waals surface area contributed by atoms with Crippen LogP contribution < -0.4 is 4.74 Å². The minimum Gasteiger partial charge on any atom is -0.491 e. The largest absolute Gasteiger partial charge is 0.491 e. The fourth-order valence-corrected chi connectivity index (χ4v) is 2.27. The predicted octanol–water partition coefficient (Wildman–Crippen LogP) is 4.39. The van der Waals surface area contributed by atoms with Crippen LogP contribution in [0.3, 0.4) is 0 Å². The molecule has 6 heteroatoms. The number of ether oxygens (including phenoxy) is 1. The number of imidazole rings is 1. The number of aromatic nitrogens is 2. The van der Waals surface area contributed by atoms with Crippen molar-refractivity contribution < 1.29 is 13.5 Å². The summed E-state index contributed by atoms with van der Waals surface area (Å²) in [5.74, 6) is 1.05. The minimum atomic E-state index is -2.46. The summed E-state index contributed by atoms with van der Waals surface area (Å²) in [6, 6.07) is 5.33. The van der Waals surface area contributed by atoms with Gasteiger partial charge < -0.3 is 9.30 Å². The van der Waals surface area contributed by atoms with Crippen LogP contribution in [0.4, 0.5) is 8.78 Å². The van der Waals surface area contributed by atoms with Crippen molar-refractivity contribution in [2.24, 2.45) is 0 Å². The molecule has 1 unspecified atom stereocenters. The van der Waals surface area contributed by atoms with Crippen LogP contribution in [0.5, 0.6) is 5.75 Å². The van der Waals surface area contributed by atoms with E-state index >= 15 is 0 Å². The highest BCUT2D eigenvalue weighted by atomic mass is 35.5. The van der Waals surface area contributed by atoms with Gasteiger partial charge in [-0.05, 0) is 25.5 Å². The topological polar surface area (TPSA) is 27.1 Å². The van der Waals surface area contributed by atoms with E-state index in [0.29, 0.717) is 29.2 Å². The van der Waals surface area contributed by atoms with Crippen molar-refractivity contribution in [3.05, 3.63) is 24.0 Å². The summed E-state index contributed by atoms with van der Waals surface area (Å²) in [7, 11) is 0. The van der Waals surface area contributed by atoms with Crippen molar-refractivity contribution in [2.75, 3.05) is 6.61 Å². The summed E-state index contributed by atoms with van der Waals surface area (Å²) in [6.45, 7) is 3.87. The van der Waals surface area contributed by atoms with Crippen molar-refractivity contribution in [3.8, 4) is 5.75 Å². The Morgan fingerprint density at radius 3 is 2.75 bits per heavy atom. The van der Waals surface area contributed by atoms with E-state index in [0.717, 1.165) is 6.42 Å². The molecule has 0 amide bonds. The number of hydrogen-bond acceptors (Lipinski definition) is 2. The lowest BCUT2D eigenvalue weighted by Crippen LogP contribution is -2.10. The molecule has 0 N–H and O–H groups in total. The van der Waals surface area contributed by atoms with Gasteiger partial charge in [0, 0.05) is 0 Å². The number of para-hydroxylation sites is 1. The van der Waals surface area contributed by atoms with E-state index in [-0.39, 0.29) is 0 Å². The van der Waals surface area contributed by atoms with Crippen LogP contribution >= 0.6 is 11.6 Å². The number of nitrogens with zero attached hydrogens (tertiary/aromatic N) is 2. The van der Waals surface area contributed by atoms with Crippen LogP contribution in [0.1, 0.15) is 31.5 Å². The molecule has 0 bridgehead atoms. The lowest BCUT2D eigenvalue weighted by molar-refractivity contribution is 0.127. The maximum absolute atomic E-state index is 12.7. The third-order valence-electron chi connectivity index (χ3n) is 2.91. The second kappa shape index (κ2) is 6.39. The smallest absolute Gasteiger partial charge is 0.256 e. The molecule has 2 aromatic rings. The highest BCUT2D eigenvalue weighted by molar-refractivity contribution is 6.20. The molecule has 20 heavy (non-hydrogen) atoms. The molecule has 1 aromatic heterocycles. The van der Waals surface area contributed by atoms with Gasteiger partial charge in [0.25, 0.3) is 6.43 Å². The normalized spacial score (nSPS) is 13.1. The average molecular weight is 303 g/mol. The summed E-state index contributed by atoms with van der Waals surface area (Å²) in [4.78, 5) is 4.39. The maximum atomic E-state index is 12.7. The van der Waals surface area contributed by atoms with Gasteiger partial charge in [-0.3, -0.25) is 0 Å². The molecule has 1 atom stereocenters. The molecule has 110 valence electrons. The molecule has 0 saturated carbocycles. The van der Waals surface area contributed by atoms with E-state index in [1.807, 2.05) is 6.92 Å². The molecule has 0 saturated heterocycles. The molecule has 1 aromatic carbocycles. The standard InChI is InChI=1S/C14H17ClF2N2O/c1-3-7-20-11-6-4-5-10-13(11)18-14(9(2)15)19(10)8-12(16)17/h4-6,9,12H,3,7-8H2,1-2H3. The molecule has 2 rings (SSSR count). The zero-order valence-electron chi connectivity index (χ0n) is 11.4. The summed E-state index contributed by atoms with van der Waals surface area (Å²) in [5.41, 5.74) is 1.21. The first-order chi connectivity index (χ1) is 9.54. The molecule has 0 spiro atoms. The summed E-state index contributed by atoms with van der Waals surface area (Å²) in [6.07, 6.45) is -1.59. The Morgan fingerprint density at radius 1 is 1.40 bits per heavy atom. The molecule has 0 aliphatic heterocycles. The Bertz CT molecular complexity index is 584. The van der Waals surface area contributed by atoms with Crippen LogP contribution in [0.15, 0.2) is 18.2 Å². The van der Waals surface area contributed by atoms with Crippen LogP contribution in [0, 0.1) is 0 Å². The molecule has 0 aliphatic rings. The van der Waals surface area contributed by atoms with Crippen LogP contribution in [0.2, 0.25) is 0 Å². The first-order valence-corrected chi connectivity index (χ1v) is 7.02. The summed E-state index contributed by atoms with van der Waals surface area (Å²) >= 11 is 6.05. The zero-order valence-corrected chi connectivity index (χ0v) is 12.2. The first kappa shape index (κ1) is 15.0. The number of benzene rings is 1. The van der Waals surface area contributed by atoms with E-state index < -0.39 is 18.3 Å². The average Bonchev–Trinajstić information content (AvgIpc) is 2.75. The lowest BCUT2D eigenvalue weighted by Gasteiger charge is -2.09. The van der Waals surface area contributed by atoms with E-state index in [2.05, 4.69) is 4.98 Å². The molecule has 1 heterocycles. The molecule has 0 fully saturated rings. The van der Waals surface area contributed by atoms with Gasteiger partial charge >= 0.3 is 0 Å². The van der Waals surface area contributed by atoms with Crippen LogP contribution in [0.25, 0.3) is 11.0 Å². The second-order valence-corrected chi connectivity index (χ2v) is 5.21. The Morgan fingerprint density at radius 2 is 2.15 bits per heavy atom. The molecular weight excluding hydrogens is 286 g/mol. The third-order valence-corrected chi connectivity index (χ3v) is 3.10. The lowest BCUT2D eigenvalue weighted by atomic mass is 10.3. The fraction of sp³-hybridized carbons (Fsp3) is 0.500. The first-order valence-electron chi connectivity index (χ1n) is 6.58. The Labute approximate surface area is 121 Å². The van der Waals surface area contributed by atoms with E-state index in [1.165, 1.54) is 4.57 Å². The van der Waals surface area contributed by atoms with Gasteiger partial charge in [0.05, 0.1) is 24.0 Å². The van der Waals surface area contributed by atoms with Crippen LogP contribution in [-0.2, 0) is 6.54 Å². The highest BCUT2D eigenvalue weighted by Crippen LogP contribution is 2.30. The number of fused-ring (bicyclic) bond motifs is 1. The Kier molecular flexibility index (Phi) is 4.81. The second-order valence-electron chi connectivity index (χ2n) is 4.56. The predicted molar refractivity (Wildman–Crippen MR) is 75.8 cm³/mol. The van der Waals surface area contributed by atoms with Gasteiger partial charge in [0.1, 0.15) is 17.1 Å². The van der Waals surface area contributed by atoms with Gasteiger partial charge in [-0.15, -0.1) is 11.6 Å². The summed E-state index contributed by atoms with van der Waals surface area (Å²) in [5, 5.41) is -0.444. The van der Waals surface area contributed by atoms with Crippen molar-refractivity contribution in [1.82, 2.24) is 9.55 Å². The van der Waals surface area contributed by atoms with Crippen molar-refractivity contribution in [3.63, 3.8) is 0 Å². The van der Waals surface area contributed by atoms with Gasteiger partial charge in [0.2, 0.25) is 0 Å². The minimum absolute atomic E-state index is 0.417. The molecule has 0 radical (unpaired) electrons. The Balaban J connectivity index is 2.54. The van der Waals surface area contributed by atoms with Gasteiger partial charge in [-0.25, -0.2) is 13.8 Å². The Hall–Kier alpha value is -1.36. The number of hydrogen-bond donors (Lipinski definition) is 0. The fourth-order valence-electron chi connectivity index (χ4n) is 2.10. The van der Waals surface area contributed by atoms with Gasteiger partial charge in [0.15, 0.2) is 0 Å². The SMILES string of the molecule is CCCOc1cccc2c1nc(C(C)Cl)n2CC(F)F. The zero-order chi connectivity index (χ0) is 14.7. The number of alkyl halides is 3. The molecular formula is C14H17ClF2N2O. The van der Waals surface area contributed by atoms with Crippen molar-refractivity contribution in [2.45, 2.75) is 38.6 Å². The monoisotopic (exact) mass is 302 g/mol. The van der Waals surface area contributed by atoms with E-state index in [9.17, 15) is 8.78 Å². The quantitative estimate of drug-likeness (QED) is 0.740. The number of halogens is 3. The van der Waals surface area contributed by atoms with Crippen molar-refractivity contribution >= 4 is 22.6 Å². The maximum Gasteiger partial charge on any atom is 0.256 e. The van der Waals surface area contributed by atoms with E-state index in [4.69, 9.17) is 16.3 Å². The van der Waals surface area contributed by atoms with Crippen LogP contribution in [-0.4, -0.2) is 22.6 Å². The molecule has 3 nitrogen and oxygen atoms in total. The van der Waals surface area contributed by atoms with Gasteiger partial charge in [-0.1, -0.05) is 13.0 Å². The third kappa shape index (κ3) is 3.03. The van der Waals surface area contributed by atoms with E-state index in [1.54, 1.807) is 25.1 Å².